The second kappa shape index (κ2) is 6.69. The predicted octanol–water partition coefficient (Wildman–Crippen LogP) is 4.26. The van der Waals surface area contributed by atoms with E-state index in [1.807, 2.05) is 0 Å². The van der Waals surface area contributed by atoms with Crippen molar-refractivity contribution >= 4 is 5.97 Å². The van der Waals surface area contributed by atoms with Crippen LogP contribution in [0, 0.1) is 18.7 Å². The Kier molecular flexibility index (Phi) is 4.94. The van der Waals surface area contributed by atoms with Crippen LogP contribution in [-0.4, -0.2) is 12.6 Å². The van der Waals surface area contributed by atoms with Gasteiger partial charge in [0.15, 0.2) is 0 Å². The highest BCUT2D eigenvalue weighted by molar-refractivity contribution is 5.90. The van der Waals surface area contributed by atoms with Crippen molar-refractivity contribution < 1.29 is 13.9 Å². The number of halogens is 1. The zero-order valence-corrected chi connectivity index (χ0v) is 11.5. The molecule has 3 heteroatoms. The van der Waals surface area contributed by atoms with Crippen LogP contribution >= 0.6 is 0 Å². The quantitative estimate of drug-likeness (QED) is 0.602. The summed E-state index contributed by atoms with van der Waals surface area (Å²) in [5.74, 6) is -0.160. The molecule has 2 nitrogen and oxygen atoms in total. The second-order valence-electron chi connectivity index (χ2n) is 5.42. The third-order valence-corrected chi connectivity index (χ3v) is 3.83. The van der Waals surface area contributed by atoms with E-state index in [0.29, 0.717) is 23.7 Å². The minimum absolute atomic E-state index is 0.321. The van der Waals surface area contributed by atoms with Crippen LogP contribution in [0.5, 0.6) is 0 Å². The van der Waals surface area contributed by atoms with Gasteiger partial charge in [0.05, 0.1) is 12.2 Å². The van der Waals surface area contributed by atoms with Crippen LogP contribution in [0.25, 0.3) is 0 Å². The molecular weight excluding hydrogens is 243 g/mol. The SMILES string of the molecule is Cc1cc(F)ccc1C(=O)OCC1CCCCCC1. The summed E-state index contributed by atoms with van der Waals surface area (Å²) in [7, 11) is 0. The summed E-state index contributed by atoms with van der Waals surface area (Å²) in [6.07, 6.45) is 7.35. The number of carbonyl (C=O) groups is 1. The molecule has 0 bridgehead atoms. The highest BCUT2D eigenvalue weighted by Gasteiger charge is 2.16. The molecule has 19 heavy (non-hydrogen) atoms. The van der Waals surface area contributed by atoms with E-state index in [4.69, 9.17) is 4.74 Å². The molecule has 0 heterocycles. The number of rotatable bonds is 3. The van der Waals surface area contributed by atoms with E-state index in [1.54, 1.807) is 6.92 Å². The fourth-order valence-corrected chi connectivity index (χ4v) is 2.66. The molecule has 0 spiro atoms. The van der Waals surface area contributed by atoms with Gasteiger partial charge in [-0.05, 0) is 49.4 Å². The molecular formula is C16H21FO2. The van der Waals surface area contributed by atoms with Gasteiger partial charge in [-0.2, -0.15) is 0 Å². The first kappa shape index (κ1) is 14.0. The molecule has 1 aliphatic rings. The summed E-state index contributed by atoms with van der Waals surface area (Å²) in [6.45, 7) is 2.22. The summed E-state index contributed by atoms with van der Waals surface area (Å²) in [4.78, 5) is 12.0. The third kappa shape index (κ3) is 4.05. The number of hydrogen-bond donors (Lipinski definition) is 0. The lowest BCUT2D eigenvalue weighted by Gasteiger charge is -2.14. The fourth-order valence-electron chi connectivity index (χ4n) is 2.66. The van der Waals surface area contributed by atoms with Gasteiger partial charge < -0.3 is 4.74 Å². The topological polar surface area (TPSA) is 26.3 Å². The molecule has 1 fully saturated rings. The van der Waals surface area contributed by atoms with E-state index in [1.165, 1.54) is 43.9 Å². The molecule has 2 rings (SSSR count). The van der Waals surface area contributed by atoms with E-state index in [9.17, 15) is 9.18 Å². The molecule has 0 unspecified atom stereocenters. The van der Waals surface area contributed by atoms with E-state index >= 15 is 0 Å². The Morgan fingerprint density at radius 2 is 1.95 bits per heavy atom. The summed E-state index contributed by atoms with van der Waals surface area (Å²) in [5.41, 5.74) is 1.10. The maximum atomic E-state index is 13.0. The van der Waals surface area contributed by atoms with E-state index in [0.717, 1.165) is 12.8 Å². The first-order chi connectivity index (χ1) is 9.16. The van der Waals surface area contributed by atoms with Gasteiger partial charge in [0.25, 0.3) is 0 Å². The Morgan fingerprint density at radius 1 is 1.26 bits per heavy atom. The van der Waals surface area contributed by atoms with Gasteiger partial charge >= 0.3 is 5.97 Å². The molecule has 0 radical (unpaired) electrons. The minimum atomic E-state index is -0.332. The van der Waals surface area contributed by atoms with E-state index in [-0.39, 0.29) is 11.8 Å². The van der Waals surface area contributed by atoms with Gasteiger partial charge in [0.1, 0.15) is 5.82 Å². The Balaban J connectivity index is 1.89. The molecule has 0 aromatic heterocycles. The van der Waals surface area contributed by atoms with Crippen LogP contribution in [0.3, 0.4) is 0 Å². The summed E-state index contributed by atoms with van der Waals surface area (Å²) >= 11 is 0. The van der Waals surface area contributed by atoms with Crippen molar-refractivity contribution in [2.75, 3.05) is 6.61 Å². The Hall–Kier alpha value is -1.38. The normalized spacial score (nSPS) is 16.9. The number of carbonyl (C=O) groups excluding carboxylic acids is 1. The molecule has 1 aromatic carbocycles. The van der Waals surface area contributed by atoms with E-state index in [2.05, 4.69) is 0 Å². The van der Waals surface area contributed by atoms with Gasteiger partial charge in [0.2, 0.25) is 0 Å². The first-order valence-corrected chi connectivity index (χ1v) is 7.10. The maximum Gasteiger partial charge on any atom is 0.338 e. The number of ether oxygens (including phenoxy) is 1. The van der Waals surface area contributed by atoms with Gasteiger partial charge in [-0.1, -0.05) is 25.7 Å². The number of hydrogen-bond acceptors (Lipinski definition) is 2. The van der Waals surface area contributed by atoms with Crippen LogP contribution in [-0.2, 0) is 4.74 Å². The zero-order valence-electron chi connectivity index (χ0n) is 11.5. The maximum absolute atomic E-state index is 13.0. The molecule has 0 atom stereocenters. The average molecular weight is 264 g/mol. The largest absolute Gasteiger partial charge is 0.462 e. The molecule has 104 valence electrons. The minimum Gasteiger partial charge on any atom is -0.462 e. The van der Waals surface area contributed by atoms with Crippen molar-refractivity contribution in [2.24, 2.45) is 5.92 Å². The lowest BCUT2D eigenvalue weighted by Crippen LogP contribution is -2.14. The molecule has 1 aromatic rings. The highest BCUT2D eigenvalue weighted by Crippen LogP contribution is 2.23. The molecule has 0 amide bonds. The molecule has 0 aliphatic heterocycles. The Labute approximate surface area is 114 Å². The molecule has 0 N–H and O–H groups in total. The van der Waals surface area contributed by atoms with Crippen LogP contribution in [0.2, 0.25) is 0 Å². The van der Waals surface area contributed by atoms with Crippen molar-refractivity contribution in [1.29, 1.82) is 0 Å². The van der Waals surface area contributed by atoms with Crippen LogP contribution in [0.15, 0.2) is 18.2 Å². The summed E-state index contributed by atoms with van der Waals surface area (Å²) in [6, 6.07) is 4.16. The van der Waals surface area contributed by atoms with E-state index < -0.39 is 0 Å². The average Bonchev–Trinajstić information content (AvgIpc) is 2.64. The van der Waals surface area contributed by atoms with Crippen molar-refractivity contribution in [2.45, 2.75) is 45.4 Å². The van der Waals surface area contributed by atoms with Crippen molar-refractivity contribution in [3.63, 3.8) is 0 Å². The van der Waals surface area contributed by atoms with Crippen molar-refractivity contribution in [3.8, 4) is 0 Å². The first-order valence-electron chi connectivity index (χ1n) is 7.10. The van der Waals surface area contributed by atoms with Gasteiger partial charge in [-0.3, -0.25) is 0 Å². The zero-order chi connectivity index (χ0) is 13.7. The predicted molar refractivity (Wildman–Crippen MR) is 72.6 cm³/mol. The van der Waals surface area contributed by atoms with Crippen molar-refractivity contribution in [3.05, 3.63) is 35.1 Å². The van der Waals surface area contributed by atoms with Gasteiger partial charge in [0, 0.05) is 0 Å². The molecule has 1 saturated carbocycles. The molecule has 1 aliphatic carbocycles. The third-order valence-electron chi connectivity index (χ3n) is 3.83. The van der Waals surface area contributed by atoms with Crippen LogP contribution in [0.1, 0.15) is 54.4 Å². The molecule has 0 saturated heterocycles. The Bertz CT molecular complexity index is 434. The highest BCUT2D eigenvalue weighted by atomic mass is 19.1. The number of benzene rings is 1. The standard InChI is InChI=1S/C16H21FO2/c1-12-10-14(17)8-9-15(12)16(18)19-11-13-6-4-2-3-5-7-13/h8-10,13H,2-7,11H2,1H3. The number of aryl methyl sites for hydroxylation is 1. The fraction of sp³-hybridized carbons (Fsp3) is 0.562. The lowest BCUT2D eigenvalue weighted by molar-refractivity contribution is 0.0427. The van der Waals surface area contributed by atoms with Crippen LogP contribution in [0.4, 0.5) is 4.39 Å². The van der Waals surface area contributed by atoms with Gasteiger partial charge in [-0.25, -0.2) is 9.18 Å². The van der Waals surface area contributed by atoms with Crippen molar-refractivity contribution in [1.82, 2.24) is 0 Å². The lowest BCUT2D eigenvalue weighted by atomic mass is 10.0. The Morgan fingerprint density at radius 3 is 2.58 bits per heavy atom. The number of esters is 1. The summed E-state index contributed by atoms with van der Waals surface area (Å²) in [5, 5.41) is 0. The summed E-state index contributed by atoms with van der Waals surface area (Å²) < 4.78 is 18.4. The van der Waals surface area contributed by atoms with Gasteiger partial charge in [-0.15, -0.1) is 0 Å². The second-order valence-corrected chi connectivity index (χ2v) is 5.42. The smallest absolute Gasteiger partial charge is 0.338 e. The van der Waals surface area contributed by atoms with Crippen LogP contribution < -0.4 is 0 Å². The monoisotopic (exact) mass is 264 g/mol.